The summed E-state index contributed by atoms with van der Waals surface area (Å²) in [5, 5.41) is 13.6. The van der Waals surface area contributed by atoms with Crippen LogP contribution in [0.5, 0.6) is 0 Å². The van der Waals surface area contributed by atoms with E-state index in [1.807, 2.05) is 39.0 Å². The first-order valence-electron chi connectivity index (χ1n) is 12.3. The van der Waals surface area contributed by atoms with E-state index in [4.69, 9.17) is 4.42 Å². The second kappa shape index (κ2) is 9.34. The average molecular weight is 490 g/mol. The summed E-state index contributed by atoms with van der Waals surface area (Å²) < 4.78 is 7.08. The third-order valence-corrected chi connectivity index (χ3v) is 6.71. The van der Waals surface area contributed by atoms with E-state index >= 15 is 0 Å². The summed E-state index contributed by atoms with van der Waals surface area (Å²) in [5.74, 6) is 0.797. The molecule has 1 fully saturated rings. The second-order valence-electron chi connectivity index (χ2n) is 10.2. The van der Waals surface area contributed by atoms with Crippen molar-refractivity contribution in [1.29, 1.82) is 0 Å². The Kier molecular flexibility index (Phi) is 6.21. The van der Waals surface area contributed by atoms with Crippen molar-refractivity contribution in [3.63, 3.8) is 0 Å². The van der Waals surface area contributed by atoms with E-state index in [1.54, 1.807) is 21.7 Å². The number of H-pyrrole nitrogens is 1. The number of aromatic nitrogens is 5. The summed E-state index contributed by atoms with van der Waals surface area (Å²) in [6.07, 6.45) is 2.41. The first kappa shape index (κ1) is 23.9. The summed E-state index contributed by atoms with van der Waals surface area (Å²) in [7, 11) is 0. The van der Waals surface area contributed by atoms with Crippen LogP contribution in [0.4, 0.5) is 0 Å². The zero-order valence-electron chi connectivity index (χ0n) is 21.1. The van der Waals surface area contributed by atoms with Crippen LogP contribution in [0.25, 0.3) is 10.9 Å². The van der Waals surface area contributed by atoms with E-state index in [2.05, 4.69) is 38.4 Å². The number of amides is 1. The number of benzene rings is 1. The fourth-order valence-corrected chi connectivity index (χ4v) is 4.78. The van der Waals surface area contributed by atoms with Crippen molar-refractivity contribution >= 4 is 16.8 Å². The molecule has 188 valence electrons. The van der Waals surface area contributed by atoms with Gasteiger partial charge < -0.3 is 14.3 Å². The standard InChI is InChI=1S/C26H31N7O3/c1-5-17-8-9-20-18(15-17)16-19(24(34)27-20)22(23-28-29-30-33(23)26(2,3)4)31-10-12-32(13-11-31)25(35)21-7-6-14-36-21/h6-9,14-16,22H,5,10-13H2,1-4H3,(H,27,34). The first-order chi connectivity index (χ1) is 17.3. The number of rotatable bonds is 5. The van der Waals surface area contributed by atoms with Gasteiger partial charge in [-0.1, -0.05) is 13.0 Å². The SMILES string of the molecule is CCc1ccc2[nH]c(=O)c(C(c3nnnn3C(C)(C)C)N3CCN(C(=O)c4ccco4)CC3)cc2c1. The Morgan fingerprint density at radius 1 is 1.14 bits per heavy atom. The van der Waals surface area contributed by atoms with Gasteiger partial charge in [0.1, 0.15) is 6.04 Å². The number of fused-ring (bicyclic) bond motifs is 1. The number of nitrogens with one attached hydrogen (secondary N) is 1. The molecule has 36 heavy (non-hydrogen) atoms. The van der Waals surface area contributed by atoms with Crippen LogP contribution < -0.4 is 5.56 Å². The highest BCUT2D eigenvalue weighted by Crippen LogP contribution is 2.30. The lowest BCUT2D eigenvalue weighted by Gasteiger charge is -2.39. The molecule has 0 aliphatic carbocycles. The van der Waals surface area contributed by atoms with E-state index in [0.717, 1.165) is 17.3 Å². The van der Waals surface area contributed by atoms with Crippen molar-refractivity contribution in [3.05, 3.63) is 75.7 Å². The molecule has 0 bridgehead atoms. The summed E-state index contributed by atoms with van der Waals surface area (Å²) in [5.41, 5.74) is 2.02. The van der Waals surface area contributed by atoms with Gasteiger partial charge in [-0.05, 0) is 78.9 Å². The van der Waals surface area contributed by atoms with Gasteiger partial charge in [-0.2, -0.15) is 0 Å². The number of pyridine rings is 1. The molecule has 1 aromatic carbocycles. The minimum atomic E-state index is -0.474. The number of piperazine rings is 1. The molecule has 5 rings (SSSR count). The number of tetrazole rings is 1. The number of carbonyl (C=O) groups is 1. The molecule has 1 N–H and O–H groups in total. The molecular formula is C26H31N7O3. The van der Waals surface area contributed by atoms with E-state index in [0.29, 0.717) is 43.3 Å². The molecule has 1 atom stereocenters. The molecule has 1 aliphatic heterocycles. The van der Waals surface area contributed by atoms with Crippen molar-refractivity contribution < 1.29 is 9.21 Å². The van der Waals surface area contributed by atoms with Crippen LogP contribution in [0, 0.1) is 0 Å². The Hall–Kier alpha value is -3.79. The number of aromatic amines is 1. The van der Waals surface area contributed by atoms with Crippen LogP contribution in [-0.2, 0) is 12.0 Å². The Morgan fingerprint density at radius 2 is 1.92 bits per heavy atom. The summed E-state index contributed by atoms with van der Waals surface area (Å²) >= 11 is 0. The maximum atomic E-state index is 13.4. The highest BCUT2D eigenvalue weighted by Gasteiger charge is 2.36. The van der Waals surface area contributed by atoms with E-state index in [-0.39, 0.29) is 17.0 Å². The number of hydrogen-bond donors (Lipinski definition) is 1. The molecule has 1 amide bonds. The minimum absolute atomic E-state index is 0.133. The van der Waals surface area contributed by atoms with Crippen molar-refractivity contribution in [2.24, 2.45) is 0 Å². The summed E-state index contributed by atoms with van der Waals surface area (Å²) in [4.78, 5) is 33.2. The molecule has 3 aromatic heterocycles. The maximum Gasteiger partial charge on any atom is 0.289 e. The smallest absolute Gasteiger partial charge is 0.289 e. The van der Waals surface area contributed by atoms with Gasteiger partial charge in [-0.3, -0.25) is 14.5 Å². The fourth-order valence-electron chi connectivity index (χ4n) is 4.78. The normalized spacial score (nSPS) is 15.9. The maximum absolute atomic E-state index is 13.4. The lowest BCUT2D eigenvalue weighted by atomic mass is 10.00. The predicted molar refractivity (Wildman–Crippen MR) is 135 cm³/mol. The van der Waals surface area contributed by atoms with Crippen LogP contribution in [0.2, 0.25) is 0 Å². The van der Waals surface area contributed by atoms with Crippen molar-refractivity contribution in [1.82, 2.24) is 35.0 Å². The lowest BCUT2D eigenvalue weighted by Crippen LogP contribution is -2.51. The molecule has 0 saturated carbocycles. The lowest BCUT2D eigenvalue weighted by molar-refractivity contribution is 0.0555. The number of aryl methyl sites for hydroxylation is 1. The Morgan fingerprint density at radius 3 is 2.58 bits per heavy atom. The molecule has 10 heteroatoms. The molecule has 0 radical (unpaired) electrons. The second-order valence-corrected chi connectivity index (χ2v) is 10.2. The van der Waals surface area contributed by atoms with E-state index in [9.17, 15) is 9.59 Å². The summed E-state index contributed by atoms with van der Waals surface area (Å²) in [6, 6.07) is 11.0. The van der Waals surface area contributed by atoms with Gasteiger partial charge in [0.15, 0.2) is 11.6 Å². The first-order valence-corrected chi connectivity index (χ1v) is 12.3. The van der Waals surface area contributed by atoms with Crippen LogP contribution in [0.1, 0.15) is 61.2 Å². The van der Waals surface area contributed by atoms with Crippen molar-refractivity contribution in [3.8, 4) is 0 Å². The van der Waals surface area contributed by atoms with Crippen LogP contribution in [0.3, 0.4) is 0 Å². The summed E-state index contributed by atoms with van der Waals surface area (Å²) in [6.45, 7) is 10.3. The van der Waals surface area contributed by atoms with Gasteiger partial charge in [0, 0.05) is 37.3 Å². The van der Waals surface area contributed by atoms with Crippen LogP contribution >= 0.6 is 0 Å². The Balaban J connectivity index is 1.55. The van der Waals surface area contributed by atoms with Crippen LogP contribution in [-0.4, -0.2) is 67.1 Å². The molecule has 0 spiro atoms. The van der Waals surface area contributed by atoms with Crippen molar-refractivity contribution in [2.75, 3.05) is 26.2 Å². The number of carbonyl (C=O) groups excluding carboxylic acids is 1. The molecule has 1 saturated heterocycles. The van der Waals surface area contributed by atoms with E-state index in [1.165, 1.54) is 11.8 Å². The fraction of sp³-hybridized carbons (Fsp3) is 0.423. The zero-order valence-corrected chi connectivity index (χ0v) is 21.1. The Labute approximate surface area is 208 Å². The van der Waals surface area contributed by atoms with Crippen molar-refractivity contribution in [2.45, 2.75) is 45.7 Å². The molecular weight excluding hydrogens is 458 g/mol. The van der Waals surface area contributed by atoms with Gasteiger partial charge in [0.25, 0.3) is 11.5 Å². The molecule has 1 unspecified atom stereocenters. The Bertz CT molecular complexity index is 1420. The number of nitrogens with zero attached hydrogens (tertiary/aromatic N) is 6. The monoisotopic (exact) mass is 489 g/mol. The largest absolute Gasteiger partial charge is 0.459 e. The van der Waals surface area contributed by atoms with Gasteiger partial charge in [-0.15, -0.1) is 5.10 Å². The topological polar surface area (TPSA) is 113 Å². The molecule has 4 aromatic rings. The molecule has 1 aliphatic rings. The predicted octanol–water partition coefficient (Wildman–Crippen LogP) is 2.97. The van der Waals surface area contributed by atoms with Gasteiger partial charge in [0.2, 0.25) is 0 Å². The third-order valence-electron chi connectivity index (χ3n) is 6.71. The molecule has 10 nitrogen and oxygen atoms in total. The number of furan rings is 1. The van der Waals surface area contributed by atoms with Crippen LogP contribution in [0.15, 0.2) is 51.9 Å². The highest BCUT2D eigenvalue weighted by molar-refractivity contribution is 5.91. The van der Waals surface area contributed by atoms with Gasteiger partial charge >= 0.3 is 0 Å². The van der Waals surface area contributed by atoms with Gasteiger partial charge in [-0.25, -0.2) is 4.68 Å². The quantitative estimate of drug-likeness (QED) is 0.458. The third kappa shape index (κ3) is 4.44. The minimum Gasteiger partial charge on any atom is -0.459 e. The molecule has 4 heterocycles. The van der Waals surface area contributed by atoms with Gasteiger partial charge in [0.05, 0.1) is 11.8 Å². The van der Waals surface area contributed by atoms with E-state index < -0.39 is 6.04 Å². The number of hydrogen-bond acceptors (Lipinski definition) is 7. The zero-order chi connectivity index (χ0) is 25.4. The average Bonchev–Trinajstić information content (AvgIpc) is 3.57. The highest BCUT2D eigenvalue weighted by atomic mass is 16.3.